The monoisotopic (exact) mass is 550 g/mol. The van der Waals surface area contributed by atoms with Crippen molar-refractivity contribution < 1.29 is 18.0 Å². The summed E-state index contributed by atoms with van der Waals surface area (Å²) in [6.07, 6.45) is 1.16. The van der Waals surface area contributed by atoms with Gasteiger partial charge in [-0.25, -0.2) is 8.42 Å². The fourth-order valence-corrected chi connectivity index (χ4v) is 5.73. The van der Waals surface area contributed by atoms with Gasteiger partial charge in [-0.05, 0) is 60.0 Å². The smallest absolute Gasteiger partial charge is 0.236 e. The van der Waals surface area contributed by atoms with Crippen LogP contribution in [0.5, 0.6) is 0 Å². The number of likely N-dealkylation sites (tertiary alicyclic amines) is 1. The van der Waals surface area contributed by atoms with Gasteiger partial charge in [-0.15, -0.1) is 12.4 Å². The van der Waals surface area contributed by atoms with Crippen molar-refractivity contribution >= 4 is 60.6 Å². The Kier molecular flexibility index (Phi) is 7.95. The summed E-state index contributed by atoms with van der Waals surface area (Å²) in [5.41, 5.74) is 5.89. The average molecular weight is 552 g/mol. The Morgan fingerprint density at radius 2 is 1.48 bits per heavy atom. The topological polar surface area (TPSA) is 97.5 Å². The van der Waals surface area contributed by atoms with Crippen LogP contribution in [0.15, 0.2) is 74.9 Å². The maximum absolute atomic E-state index is 13.1. The molecule has 0 aliphatic carbocycles. The molecule has 4 rings (SSSR count). The number of rotatable bonds is 5. The minimum Gasteiger partial charge on any atom is -0.342 e. The molecule has 1 saturated heterocycles. The zero-order valence-electron chi connectivity index (χ0n) is 17.7. The Bertz CT molecular complexity index is 1290. The highest BCUT2D eigenvalue weighted by molar-refractivity contribution is 9.10. The van der Waals surface area contributed by atoms with Gasteiger partial charge in [0.1, 0.15) is 0 Å². The predicted octanol–water partition coefficient (Wildman–Crippen LogP) is 4.24. The van der Waals surface area contributed by atoms with E-state index in [1.807, 2.05) is 18.2 Å². The zero-order chi connectivity index (χ0) is 22.9. The van der Waals surface area contributed by atoms with Crippen LogP contribution < -0.4 is 5.73 Å². The standard InChI is InChI=1S/C24H23BrN2O4S.ClH/c25-20-5-1-19-14-22(8-4-18(19)13-20)32(30,31)21-6-2-16(3-7-21)24(29)17-9-11-27(12-10-17)23(28)15-26;/h1-8,13-14,17H,9-12,15,26H2;1H. The SMILES string of the molecule is Cl.NCC(=O)N1CCC(C(=O)c2ccc(S(=O)(=O)c3ccc4cc(Br)ccc4c3)cc2)CC1. The summed E-state index contributed by atoms with van der Waals surface area (Å²) in [5.74, 6) is -0.309. The van der Waals surface area contributed by atoms with Gasteiger partial charge in [0.2, 0.25) is 15.7 Å². The quantitative estimate of drug-likeness (QED) is 0.479. The number of carbonyl (C=O) groups is 2. The highest BCUT2D eigenvalue weighted by Gasteiger charge is 2.28. The fraction of sp³-hybridized carbons (Fsp3) is 0.250. The number of Topliss-reactive ketones (excluding diaryl/α,β-unsaturated/α-hetero) is 1. The predicted molar refractivity (Wildman–Crippen MR) is 133 cm³/mol. The van der Waals surface area contributed by atoms with Gasteiger partial charge >= 0.3 is 0 Å². The Morgan fingerprint density at radius 1 is 0.909 bits per heavy atom. The van der Waals surface area contributed by atoms with Crippen LogP contribution in [0.3, 0.4) is 0 Å². The van der Waals surface area contributed by atoms with E-state index in [1.165, 1.54) is 12.1 Å². The normalized spacial score (nSPS) is 14.7. The molecule has 0 aromatic heterocycles. The molecule has 1 fully saturated rings. The van der Waals surface area contributed by atoms with E-state index >= 15 is 0 Å². The van der Waals surface area contributed by atoms with Gasteiger partial charge in [-0.3, -0.25) is 9.59 Å². The lowest BCUT2D eigenvalue weighted by atomic mass is 9.89. The second-order valence-electron chi connectivity index (χ2n) is 7.90. The number of ketones is 1. The number of sulfone groups is 1. The molecular weight excluding hydrogens is 528 g/mol. The lowest BCUT2D eigenvalue weighted by Crippen LogP contribution is -2.43. The number of hydrogen-bond acceptors (Lipinski definition) is 5. The van der Waals surface area contributed by atoms with Gasteiger partial charge in [-0.1, -0.05) is 40.2 Å². The first-order valence-electron chi connectivity index (χ1n) is 10.4. The third kappa shape index (κ3) is 5.30. The summed E-state index contributed by atoms with van der Waals surface area (Å²) in [6, 6.07) is 16.8. The zero-order valence-corrected chi connectivity index (χ0v) is 21.0. The fourth-order valence-electron chi connectivity index (χ4n) is 4.05. The summed E-state index contributed by atoms with van der Waals surface area (Å²) in [4.78, 5) is 26.6. The number of halogens is 2. The van der Waals surface area contributed by atoms with Crippen LogP contribution in [0.25, 0.3) is 10.8 Å². The number of benzene rings is 3. The number of hydrogen-bond donors (Lipinski definition) is 1. The number of carbonyl (C=O) groups excluding carboxylic acids is 2. The van der Waals surface area contributed by atoms with E-state index in [0.717, 1.165) is 15.2 Å². The molecule has 2 N–H and O–H groups in total. The van der Waals surface area contributed by atoms with Crippen LogP contribution in [0.4, 0.5) is 0 Å². The molecule has 0 radical (unpaired) electrons. The Labute approximate surface area is 207 Å². The third-order valence-corrected chi connectivity index (χ3v) is 8.19. The molecule has 3 aromatic rings. The molecule has 1 heterocycles. The molecule has 9 heteroatoms. The van der Waals surface area contributed by atoms with Crippen LogP contribution in [0.1, 0.15) is 23.2 Å². The van der Waals surface area contributed by atoms with Gasteiger partial charge in [0.15, 0.2) is 5.78 Å². The maximum Gasteiger partial charge on any atom is 0.236 e. The number of nitrogens with two attached hydrogens (primary N) is 1. The van der Waals surface area contributed by atoms with Gasteiger partial charge in [0.25, 0.3) is 0 Å². The molecule has 1 aliphatic rings. The van der Waals surface area contributed by atoms with Crippen LogP contribution in [-0.4, -0.2) is 44.6 Å². The van der Waals surface area contributed by atoms with Crippen molar-refractivity contribution in [2.24, 2.45) is 11.7 Å². The van der Waals surface area contributed by atoms with E-state index in [1.54, 1.807) is 35.2 Å². The van der Waals surface area contributed by atoms with Gasteiger partial charge < -0.3 is 10.6 Å². The van der Waals surface area contributed by atoms with Gasteiger partial charge in [-0.2, -0.15) is 0 Å². The van der Waals surface area contributed by atoms with E-state index in [4.69, 9.17) is 5.73 Å². The Morgan fingerprint density at radius 3 is 2.12 bits per heavy atom. The van der Waals surface area contributed by atoms with Crippen molar-refractivity contribution in [3.8, 4) is 0 Å². The largest absolute Gasteiger partial charge is 0.342 e. The molecule has 1 amide bonds. The van der Waals surface area contributed by atoms with Crippen LogP contribution in [0.2, 0.25) is 0 Å². The number of nitrogens with zero attached hydrogens (tertiary/aromatic N) is 1. The van der Waals surface area contributed by atoms with Crippen molar-refractivity contribution in [3.05, 3.63) is 70.7 Å². The molecule has 174 valence electrons. The minimum atomic E-state index is -3.71. The van der Waals surface area contributed by atoms with E-state index < -0.39 is 9.84 Å². The minimum absolute atomic E-state index is 0. The lowest BCUT2D eigenvalue weighted by Gasteiger charge is -2.31. The summed E-state index contributed by atoms with van der Waals surface area (Å²) in [7, 11) is -3.71. The van der Waals surface area contributed by atoms with Crippen molar-refractivity contribution in [2.45, 2.75) is 22.6 Å². The molecule has 0 spiro atoms. The van der Waals surface area contributed by atoms with Crippen molar-refractivity contribution in [1.82, 2.24) is 4.90 Å². The van der Waals surface area contributed by atoms with Crippen molar-refractivity contribution in [3.63, 3.8) is 0 Å². The van der Waals surface area contributed by atoms with Gasteiger partial charge in [0.05, 0.1) is 16.3 Å². The first kappa shape index (κ1) is 25.4. The Hall–Kier alpha value is -2.26. The van der Waals surface area contributed by atoms with E-state index in [0.29, 0.717) is 31.5 Å². The maximum atomic E-state index is 13.1. The molecule has 0 bridgehead atoms. The van der Waals surface area contributed by atoms with E-state index in [2.05, 4.69) is 15.9 Å². The highest BCUT2D eigenvalue weighted by atomic mass is 79.9. The van der Waals surface area contributed by atoms with Gasteiger partial charge in [0, 0.05) is 29.0 Å². The van der Waals surface area contributed by atoms with Crippen LogP contribution in [-0.2, 0) is 14.6 Å². The van der Waals surface area contributed by atoms with Crippen LogP contribution in [0, 0.1) is 5.92 Å². The third-order valence-electron chi connectivity index (χ3n) is 5.93. The average Bonchev–Trinajstić information content (AvgIpc) is 2.82. The summed E-state index contributed by atoms with van der Waals surface area (Å²) < 4.78 is 27.2. The van der Waals surface area contributed by atoms with E-state index in [9.17, 15) is 18.0 Å². The number of piperidine rings is 1. The Balaban J connectivity index is 0.00000306. The second-order valence-corrected chi connectivity index (χ2v) is 10.8. The molecule has 0 unspecified atom stereocenters. The molecule has 3 aromatic carbocycles. The highest BCUT2D eigenvalue weighted by Crippen LogP contribution is 2.28. The molecule has 33 heavy (non-hydrogen) atoms. The molecule has 0 saturated carbocycles. The second kappa shape index (κ2) is 10.3. The number of amides is 1. The summed E-state index contributed by atoms with van der Waals surface area (Å²) in [6.45, 7) is 0.998. The van der Waals surface area contributed by atoms with Crippen molar-refractivity contribution in [1.29, 1.82) is 0 Å². The molecule has 1 aliphatic heterocycles. The molecule has 0 atom stereocenters. The van der Waals surface area contributed by atoms with Crippen LogP contribution >= 0.6 is 28.3 Å². The van der Waals surface area contributed by atoms with E-state index in [-0.39, 0.29) is 46.4 Å². The molecular formula is C24H24BrClN2O4S. The molecule has 6 nitrogen and oxygen atoms in total. The summed E-state index contributed by atoms with van der Waals surface area (Å²) in [5, 5.41) is 1.78. The first-order valence-corrected chi connectivity index (χ1v) is 12.6. The first-order chi connectivity index (χ1) is 15.3. The lowest BCUT2D eigenvalue weighted by molar-refractivity contribution is -0.130. The number of fused-ring (bicyclic) bond motifs is 1. The van der Waals surface area contributed by atoms with Crippen molar-refractivity contribution in [2.75, 3.05) is 19.6 Å². The summed E-state index contributed by atoms with van der Waals surface area (Å²) >= 11 is 3.42.